The zero-order chi connectivity index (χ0) is 7.56. The lowest BCUT2D eigenvalue weighted by atomic mass is 10.1. The summed E-state index contributed by atoms with van der Waals surface area (Å²) >= 11 is 10.9. The molecule has 1 rings (SSSR count). The first kappa shape index (κ1) is 7.83. The maximum Gasteiger partial charge on any atom is 0.253 e. The lowest BCUT2D eigenvalue weighted by Gasteiger charge is -2.04. The van der Waals surface area contributed by atoms with Crippen molar-refractivity contribution in [1.82, 2.24) is 0 Å². The minimum Gasteiger partial charge on any atom is -0.276 e. The van der Waals surface area contributed by atoms with Crippen molar-refractivity contribution >= 4 is 28.4 Å². The highest BCUT2D eigenvalue weighted by Gasteiger charge is 2.11. The molecule has 0 radical (unpaired) electrons. The van der Waals surface area contributed by atoms with Gasteiger partial charge in [-0.05, 0) is 24.4 Å². The van der Waals surface area contributed by atoms with Crippen molar-refractivity contribution in [2.75, 3.05) is 0 Å². The molecular weight excluding hydrogens is 171 g/mol. The molecule has 3 heteroatoms. The van der Waals surface area contributed by atoms with E-state index >= 15 is 0 Å². The molecule has 1 nitrogen and oxygen atoms in total. The molecule has 0 fully saturated rings. The Balaban J connectivity index is 2.84. The first-order chi connectivity index (χ1) is 4.72. The van der Waals surface area contributed by atoms with E-state index in [0.29, 0.717) is 10.6 Å². The first-order valence-corrected chi connectivity index (χ1v) is 3.73. The van der Waals surface area contributed by atoms with Gasteiger partial charge in [0.05, 0.1) is 0 Å². The molecule has 0 unspecified atom stereocenters. The standard InChI is InChI=1S/C7H6Cl2O/c8-6-4-2-1-3-5(6)7(9)10/h3-4H,1-2H2. The van der Waals surface area contributed by atoms with E-state index in [-0.39, 0.29) is 0 Å². The summed E-state index contributed by atoms with van der Waals surface area (Å²) in [7, 11) is 0. The van der Waals surface area contributed by atoms with Crippen LogP contribution in [0.5, 0.6) is 0 Å². The largest absolute Gasteiger partial charge is 0.276 e. The van der Waals surface area contributed by atoms with Gasteiger partial charge in [0.2, 0.25) is 0 Å². The SMILES string of the molecule is O=C(Cl)C1=CCCC=C1Cl. The summed E-state index contributed by atoms with van der Waals surface area (Å²) in [5.74, 6) is 0. The smallest absolute Gasteiger partial charge is 0.253 e. The van der Waals surface area contributed by atoms with E-state index in [1.807, 2.05) is 0 Å². The Bertz CT molecular complexity index is 216. The van der Waals surface area contributed by atoms with Crippen LogP contribution in [0.3, 0.4) is 0 Å². The summed E-state index contributed by atoms with van der Waals surface area (Å²) < 4.78 is 0. The third-order valence-electron chi connectivity index (χ3n) is 1.31. The van der Waals surface area contributed by atoms with Crippen molar-refractivity contribution in [2.45, 2.75) is 12.8 Å². The van der Waals surface area contributed by atoms with Crippen LogP contribution in [-0.4, -0.2) is 5.24 Å². The second kappa shape index (κ2) is 3.22. The zero-order valence-corrected chi connectivity index (χ0v) is 6.74. The molecule has 0 amide bonds. The molecule has 1 aliphatic carbocycles. The maximum absolute atomic E-state index is 10.6. The van der Waals surface area contributed by atoms with Crippen LogP contribution >= 0.6 is 23.2 Å². The fraction of sp³-hybridized carbons (Fsp3) is 0.286. The number of carbonyl (C=O) groups is 1. The molecule has 0 heterocycles. The van der Waals surface area contributed by atoms with Crippen LogP contribution in [0.15, 0.2) is 22.8 Å². The van der Waals surface area contributed by atoms with Gasteiger partial charge in [-0.3, -0.25) is 4.79 Å². The summed E-state index contributed by atoms with van der Waals surface area (Å²) in [5, 5.41) is 0.00667. The monoisotopic (exact) mass is 176 g/mol. The van der Waals surface area contributed by atoms with Crippen molar-refractivity contribution in [3.63, 3.8) is 0 Å². The first-order valence-electron chi connectivity index (χ1n) is 2.98. The molecule has 0 aliphatic heterocycles. The van der Waals surface area contributed by atoms with Crippen molar-refractivity contribution < 1.29 is 4.79 Å². The fourth-order valence-corrected chi connectivity index (χ4v) is 1.32. The van der Waals surface area contributed by atoms with Crippen LogP contribution in [0.25, 0.3) is 0 Å². The van der Waals surface area contributed by atoms with E-state index in [9.17, 15) is 4.79 Å². The second-order valence-electron chi connectivity index (χ2n) is 2.02. The van der Waals surface area contributed by atoms with Crippen molar-refractivity contribution in [3.8, 4) is 0 Å². The molecule has 0 aromatic carbocycles. The minimum absolute atomic E-state index is 0.439. The third kappa shape index (κ3) is 1.61. The Morgan fingerprint density at radius 3 is 2.40 bits per heavy atom. The van der Waals surface area contributed by atoms with Gasteiger partial charge in [-0.2, -0.15) is 0 Å². The Morgan fingerprint density at radius 2 is 2.00 bits per heavy atom. The van der Waals surface area contributed by atoms with E-state index in [2.05, 4.69) is 0 Å². The van der Waals surface area contributed by atoms with Gasteiger partial charge < -0.3 is 0 Å². The molecule has 10 heavy (non-hydrogen) atoms. The highest BCUT2D eigenvalue weighted by Crippen LogP contribution is 2.23. The van der Waals surface area contributed by atoms with Gasteiger partial charge in [-0.25, -0.2) is 0 Å². The Labute approximate surface area is 69.3 Å². The average molecular weight is 177 g/mol. The summed E-state index contributed by atoms with van der Waals surface area (Å²) in [6, 6.07) is 0. The third-order valence-corrected chi connectivity index (χ3v) is 1.87. The Morgan fingerprint density at radius 1 is 1.40 bits per heavy atom. The molecule has 1 aliphatic rings. The average Bonchev–Trinajstić information content (AvgIpc) is 1.88. The van der Waals surface area contributed by atoms with Gasteiger partial charge in [0.25, 0.3) is 5.24 Å². The number of rotatable bonds is 1. The van der Waals surface area contributed by atoms with E-state index in [1.165, 1.54) is 0 Å². The van der Waals surface area contributed by atoms with Crippen LogP contribution in [0, 0.1) is 0 Å². The van der Waals surface area contributed by atoms with Crippen LogP contribution in [-0.2, 0) is 4.79 Å². The number of hydrogen-bond donors (Lipinski definition) is 0. The van der Waals surface area contributed by atoms with Gasteiger partial charge in [0, 0.05) is 10.6 Å². The van der Waals surface area contributed by atoms with Gasteiger partial charge in [-0.15, -0.1) is 0 Å². The second-order valence-corrected chi connectivity index (χ2v) is 2.77. The van der Waals surface area contributed by atoms with Gasteiger partial charge >= 0.3 is 0 Å². The molecule has 0 aromatic rings. The predicted octanol–water partition coefficient (Wildman–Crippen LogP) is 2.59. The molecule has 0 aromatic heterocycles. The highest BCUT2D eigenvalue weighted by atomic mass is 35.5. The molecule has 0 spiro atoms. The maximum atomic E-state index is 10.6. The number of halogens is 2. The van der Waals surface area contributed by atoms with Crippen molar-refractivity contribution in [1.29, 1.82) is 0 Å². The summed E-state index contributed by atoms with van der Waals surface area (Å²) in [5.41, 5.74) is 0.439. The Hall–Kier alpha value is -0.270. The predicted molar refractivity (Wildman–Crippen MR) is 42.1 cm³/mol. The molecular formula is C7H6Cl2O. The van der Waals surface area contributed by atoms with E-state index in [4.69, 9.17) is 23.2 Å². The fourth-order valence-electron chi connectivity index (χ4n) is 0.819. The molecule has 0 atom stereocenters. The van der Waals surface area contributed by atoms with Crippen LogP contribution in [0.4, 0.5) is 0 Å². The molecule has 0 bridgehead atoms. The number of carbonyl (C=O) groups excluding carboxylic acids is 1. The molecule has 0 N–H and O–H groups in total. The molecule has 0 saturated carbocycles. The number of allylic oxidation sites excluding steroid dienone is 4. The van der Waals surface area contributed by atoms with Crippen LogP contribution < -0.4 is 0 Å². The summed E-state index contributed by atoms with van der Waals surface area (Å²) in [6.07, 6.45) is 5.31. The van der Waals surface area contributed by atoms with Gasteiger partial charge in [0.15, 0.2) is 0 Å². The lowest BCUT2D eigenvalue weighted by Crippen LogP contribution is -1.96. The zero-order valence-electron chi connectivity index (χ0n) is 5.23. The lowest BCUT2D eigenvalue weighted by molar-refractivity contribution is -0.108. The normalized spacial score (nSPS) is 17.8. The highest BCUT2D eigenvalue weighted by molar-refractivity contribution is 6.69. The van der Waals surface area contributed by atoms with E-state index in [0.717, 1.165) is 12.8 Å². The number of hydrogen-bond acceptors (Lipinski definition) is 1. The molecule has 0 saturated heterocycles. The van der Waals surface area contributed by atoms with E-state index < -0.39 is 5.24 Å². The van der Waals surface area contributed by atoms with Crippen molar-refractivity contribution in [3.05, 3.63) is 22.8 Å². The van der Waals surface area contributed by atoms with Gasteiger partial charge in [-0.1, -0.05) is 23.8 Å². The quantitative estimate of drug-likeness (QED) is 0.562. The van der Waals surface area contributed by atoms with Crippen LogP contribution in [0.1, 0.15) is 12.8 Å². The van der Waals surface area contributed by atoms with E-state index in [1.54, 1.807) is 12.2 Å². The summed E-state index contributed by atoms with van der Waals surface area (Å²) in [4.78, 5) is 10.6. The minimum atomic E-state index is -0.471. The van der Waals surface area contributed by atoms with Crippen LogP contribution in [0.2, 0.25) is 0 Å². The molecule has 54 valence electrons. The topological polar surface area (TPSA) is 17.1 Å². The Kier molecular flexibility index (Phi) is 2.52. The summed E-state index contributed by atoms with van der Waals surface area (Å²) in [6.45, 7) is 0. The van der Waals surface area contributed by atoms with Gasteiger partial charge in [0.1, 0.15) is 0 Å². The van der Waals surface area contributed by atoms with Crippen molar-refractivity contribution in [2.24, 2.45) is 0 Å².